The number of hydrogen-bond acceptors (Lipinski definition) is 0. The SMILES string of the molecule is [Cu]=[C]1CCCCC1. The van der Waals surface area contributed by atoms with Crippen molar-refractivity contribution in [1.29, 1.82) is 0 Å². The van der Waals surface area contributed by atoms with Gasteiger partial charge in [-0.05, 0) is 0 Å². The van der Waals surface area contributed by atoms with Crippen LogP contribution in [0.25, 0.3) is 0 Å². The van der Waals surface area contributed by atoms with E-state index in [1.165, 1.54) is 36.5 Å². The van der Waals surface area contributed by atoms with Crippen LogP contribution >= 0.6 is 0 Å². The molecule has 0 heterocycles. The molecule has 0 aromatic heterocycles. The van der Waals surface area contributed by atoms with Crippen LogP contribution in [-0.4, -0.2) is 4.42 Å². The standard InChI is InChI=1S/C6H10.Cu/c1-2-4-6-5-3-1;/h1-5H2;. The number of rotatable bonds is 0. The molecule has 1 aliphatic carbocycles. The molecule has 0 N–H and O–H groups in total. The molecule has 0 aromatic carbocycles. The zero-order valence-corrected chi connectivity index (χ0v) is 5.28. The van der Waals surface area contributed by atoms with Crippen molar-refractivity contribution in [3.8, 4) is 0 Å². The van der Waals surface area contributed by atoms with E-state index >= 15 is 0 Å². The van der Waals surface area contributed by atoms with Crippen molar-refractivity contribution in [2.24, 2.45) is 0 Å². The third kappa shape index (κ3) is 1.75. The molecular weight excluding hydrogens is 136 g/mol. The molecule has 0 nitrogen and oxygen atoms in total. The van der Waals surface area contributed by atoms with Crippen LogP contribution in [0.2, 0.25) is 0 Å². The summed E-state index contributed by atoms with van der Waals surface area (Å²) < 4.78 is 1.28. The first-order valence-corrected chi connectivity index (χ1v) is 3.33. The van der Waals surface area contributed by atoms with Gasteiger partial charge in [0.05, 0.1) is 0 Å². The Morgan fingerprint density at radius 1 is 1.00 bits per heavy atom. The fourth-order valence-electron chi connectivity index (χ4n) is 0.908. The van der Waals surface area contributed by atoms with Crippen LogP contribution in [0.4, 0.5) is 0 Å². The Kier molecular flexibility index (Phi) is 2.08. The van der Waals surface area contributed by atoms with Gasteiger partial charge >= 0.3 is 52.1 Å². The molecule has 0 unspecified atom stereocenters. The summed E-state index contributed by atoms with van der Waals surface area (Å²) in [5, 5.41) is 0. The summed E-state index contributed by atoms with van der Waals surface area (Å²) in [7, 11) is 0. The fraction of sp³-hybridized carbons (Fsp3) is 0.833. The Balaban J connectivity index is 2.25. The van der Waals surface area contributed by atoms with Crippen LogP contribution in [-0.2, 0) is 15.6 Å². The van der Waals surface area contributed by atoms with E-state index in [0.29, 0.717) is 0 Å². The molecule has 0 spiro atoms. The van der Waals surface area contributed by atoms with Gasteiger partial charge in [0.2, 0.25) is 0 Å². The molecule has 1 rings (SSSR count). The summed E-state index contributed by atoms with van der Waals surface area (Å²) in [6.07, 6.45) is 6.50. The summed E-state index contributed by atoms with van der Waals surface area (Å²) >= 11 is 5.14. The van der Waals surface area contributed by atoms with Crippen LogP contribution < -0.4 is 0 Å². The fourth-order valence-corrected chi connectivity index (χ4v) is 1.24. The van der Waals surface area contributed by atoms with Gasteiger partial charge in [-0.15, -0.1) is 0 Å². The molecule has 0 bridgehead atoms. The Labute approximate surface area is 52.7 Å². The predicted molar refractivity (Wildman–Crippen MR) is 28.1 cm³/mol. The summed E-state index contributed by atoms with van der Waals surface area (Å²) in [5.74, 6) is 0. The third-order valence-electron chi connectivity index (χ3n) is 1.36. The average Bonchev–Trinajstić information content (AvgIpc) is 1.69. The van der Waals surface area contributed by atoms with Crippen molar-refractivity contribution in [3.05, 3.63) is 0 Å². The second kappa shape index (κ2) is 2.64. The van der Waals surface area contributed by atoms with E-state index in [4.69, 9.17) is 15.6 Å². The molecular formula is C6H10Cu. The maximum absolute atomic E-state index is 5.14. The molecule has 0 aliphatic heterocycles. The minimum absolute atomic E-state index is 1.21. The van der Waals surface area contributed by atoms with Gasteiger partial charge in [0.15, 0.2) is 0 Å². The van der Waals surface area contributed by atoms with E-state index in [0.717, 1.165) is 0 Å². The Hall–Kier alpha value is 0.389. The van der Waals surface area contributed by atoms with Crippen LogP contribution in [0.15, 0.2) is 0 Å². The van der Waals surface area contributed by atoms with Gasteiger partial charge in [-0.3, -0.25) is 0 Å². The van der Waals surface area contributed by atoms with E-state index in [-0.39, 0.29) is 0 Å². The van der Waals surface area contributed by atoms with Crippen molar-refractivity contribution in [3.63, 3.8) is 0 Å². The maximum atomic E-state index is 5.14. The molecule has 0 saturated heterocycles. The summed E-state index contributed by atoms with van der Waals surface area (Å²) in [5.41, 5.74) is 0. The van der Waals surface area contributed by atoms with Gasteiger partial charge in [0, 0.05) is 0 Å². The summed E-state index contributed by atoms with van der Waals surface area (Å²) in [6.45, 7) is 0. The van der Waals surface area contributed by atoms with E-state index < -0.39 is 0 Å². The zero-order chi connectivity index (χ0) is 5.11. The summed E-state index contributed by atoms with van der Waals surface area (Å²) in [6, 6.07) is 0. The Morgan fingerprint density at radius 2 is 1.57 bits per heavy atom. The van der Waals surface area contributed by atoms with Crippen molar-refractivity contribution >= 4 is 4.42 Å². The molecule has 7 heavy (non-hydrogen) atoms. The summed E-state index contributed by atoms with van der Waals surface area (Å²) in [4.78, 5) is 0. The van der Waals surface area contributed by atoms with Crippen molar-refractivity contribution in [2.45, 2.75) is 32.1 Å². The molecule has 0 aromatic rings. The van der Waals surface area contributed by atoms with Gasteiger partial charge in [-0.25, -0.2) is 0 Å². The molecule has 0 radical (unpaired) electrons. The second-order valence-electron chi connectivity index (χ2n) is 2.02. The Bertz CT molecular complexity index is 68.2. The zero-order valence-electron chi connectivity index (χ0n) is 4.34. The first-order valence-electron chi connectivity index (χ1n) is 2.86. The topological polar surface area (TPSA) is 0 Å². The first-order chi connectivity index (χ1) is 3.39. The van der Waals surface area contributed by atoms with Gasteiger partial charge in [-0.1, -0.05) is 0 Å². The van der Waals surface area contributed by atoms with Crippen LogP contribution in [0, 0.1) is 0 Å². The molecule has 1 fully saturated rings. The Morgan fingerprint density at radius 3 is 1.86 bits per heavy atom. The number of hydrogen-bond donors (Lipinski definition) is 0. The predicted octanol–water partition coefficient (Wildman–Crippen LogP) is 1.67. The minimum atomic E-state index is 1.21. The van der Waals surface area contributed by atoms with Gasteiger partial charge in [0.1, 0.15) is 0 Å². The average molecular weight is 146 g/mol. The van der Waals surface area contributed by atoms with Crippen LogP contribution in [0.1, 0.15) is 32.1 Å². The van der Waals surface area contributed by atoms with Crippen molar-refractivity contribution in [2.75, 3.05) is 0 Å². The van der Waals surface area contributed by atoms with Gasteiger partial charge < -0.3 is 0 Å². The van der Waals surface area contributed by atoms with Crippen molar-refractivity contribution in [1.82, 2.24) is 0 Å². The quantitative estimate of drug-likeness (QED) is 0.455. The van der Waals surface area contributed by atoms with Crippen LogP contribution in [0.5, 0.6) is 0 Å². The molecule has 1 saturated carbocycles. The van der Waals surface area contributed by atoms with Crippen molar-refractivity contribution < 1.29 is 15.6 Å². The van der Waals surface area contributed by atoms with E-state index in [1.807, 2.05) is 0 Å². The van der Waals surface area contributed by atoms with E-state index in [1.54, 1.807) is 0 Å². The second-order valence-corrected chi connectivity index (χ2v) is 2.69. The van der Waals surface area contributed by atoms with Gasteiger partial charge in [-0.2, -0.15) is 0 Å². The van der Waals surface area contributed by atoms with E-state index in [2.05, 4.69) is 0 Å². The molecule has 1 heteroatoms. The molecule has 0 atom stereocenters. The van der Waals surface area contributed by atoms with E-state index in [9.17, 15) is 0 Å². The monoisotopic (exact) mass is 145 g/mol. The molecule has 45 valence electrons. The molecule has 0 amide bonds. The van der Waals surface area contributed by atoms with Crippen LogP contribution in [0.3, 0.4) is 0 Å². The molecule has 1 aliphatic rings. The first kappa shape index (κ1) is 5.52. The normalized spacial score (nSPS) is 22.9. The third-order valence-corrected chi connectivity index (χ3v) is 1.83. The van der Waals surface area contributed by atoms with Gasteiger partial charge in [0.25, 0.3) is 0 Å².